The Bertz CT molecular complexity index is 919. The number of hydrogen-bond donors (Lipinski definition) is 1. The first-order valence-corrected chi connectivity index (χ1v) is 12.0. The van der Waals surface area contributed by atoms with Gasteiger partial charge in [-0.1, -0.05) is 13.8 Å². The molecule has 0 unspecified atom stereocenters. The third-order valence-corrected chi connectivity index (χ3v) is 7.30. The second kappa shape index (κ2) is 8.39. The standard InChI is InChI=1S/C19H27N5O4S.ClH/c1-11(2)16-17-15(24(19(16)26)29(3,27)28)6-7-23(17)18(25)14-10-21-13(9-22-14)8-20-12-4-5-12;/h9-12,15-17,20H,4-8H2,1-3H3;1H/t15-,16+,17-;/m1./s1. The quantitative estimate of drug-likeness (QED) is 0.471. The number of rotatable bonds is 6. The van der Waals surface area contributed by atoms with Crippen molar-refractivity contribution in [2.45, 2.75) is 57.8 Å². The number of nitrogens with zero attached hydrogens (tertiary/aromatic N) is 4. The number of carbonyl (C=O) groups excluding carboxylic acids is 2. The monoisotopic (exact) mass is 457 g/mol. The minimum atomic E-state index is -3.69. The summed E-state index contributed by atoms with van der Waals surface area (Å²) >= 11 is 0. The summed E-state index contributed by atoms with van der Waals surface area (Å²) in [5.41, 5.74) is 1.06. The van der Waals surface area contributed by atoms with Crippen LogP contribution in [0.2, 0.25) is 0 Å². The smallest absolute Gasteiger partial charge is 0.274 e. The van der Waals surface area contributed by atoms with Gasteiger partial charge in [0.25, 0.3) is 5.91 Å². The van der Waals surface area contributed by atoms with Crippen molar-refractivity contribution in [1.82, 2.24) is 19.2 Å². The zero-order chi connectivity index (χ0) is 20.9. The molecule has 1 aliphatic carbocycles. The van der Waals surface area contributed by atoms with Gasteiger partial charge in [0, 0.05) is 19.4 Å². The molecule has 0 aromatic carbocycles. The Kier molecular flexibility index (Phi) is 6.41. The van der Waals surface area contributed by atoms with E-state index in [1.807, 2.05) is 13.8 Å². The summed E-state index contributed by atoms with van der Waals surface area (Å²) in [5.74, 6) is -1.33. The van der Waals surface area contributed by atoms with Crippen molar-refractivity contribution in [3.05, 3.63) is 23.8 Å². The fraction of sp³-hybridized carbons (Fsp3) is 0.684. The molecule has 30 heavy (non-hydrogen) atoms. The van der Waals surface area contributed by atoms with Crippen molar-refractivity contribution in [3.8, 4) is 0 Å². The number of amides is 2. The highest BCUT2D eigenvalue weighted by atomic mass is 35.5. The molecule has 3 fully saturated rings. The molecule has 3 atom stereocenters. The Labute approximate surface area is 183 Å². The van der Waals surface area contributed by atoms with Gasteiger partial charge < -0.3 is 22.6 Å². The molecule has 166 valence electrons. The van der Waals surface area contributed by atoms with Crippen LogP contribution < -0.4 is 17.7 Å². The van der Waals surface area contributed by atoms with Crippen LogP contribution in [-0.4, -0.2) is 70.3 Å². The van der Waals surface area contributed by atoms with Gasteiger partial charge in [0.1, 0.15) is 17.9 Å². The predicted octanol–water partition coefficient (Wildman–Crippen LogP) is -3.64. The molecule has 2 aliphatic heterocycles. The van der Waals surface area contributed by atoms with Crippen molar-refractivity contribution in [1.29, 1.82) is 0 Å². The average molecular weight is 458 g/mol. The van der Waals surface area contributed by atoms with Gasteiger partial charge in [-0.25, -0.2) is 17.7 Å². The third kappa shape index (κ3) is 4.17. The van der Waals surface area contributed by atoms with Gasteiger partial charge in [0.05, 0.1) is 42.7 Å². The van der Waals surface area contributed by atoms with E-state index in [9.17, 15) is 18.0 Å². The predicted molar refractivity (Wildman–Crippen MR) is 104 cm³/mol. The molecule has 4 rings (SSSR count). The van der Waals surface area contributed by atoms with E-state index >= 15 is 0 Å². The van der Waals surface area contributed by atoms with Crippen molar-refractivity contribution in [2.24, 2.45) is 11.8 Å². The van der Waals surface area contributed by atoms with E-state index in [4.69, 9.17) is 0 Å². The van der Waals surface area contributed by atoms with Crippen LogP contribution in [0.1, 0.15) is 49.3 Å². The van der Waals surface area contributed by atoms with Crippen molar-refractivity contribution in [3.63, 3.8) is 0 Å². The Morgan fingerprint density at radius 2 is 1.93 bits per heavy atom. The second-order valence-electron chi connectivity index (χ2n) is 8.68. The molecule has 0 spiro atoms. The Balaban J connectivity index is 0.00000256. The maximum Gasteiger partial charge on any atom is 0.274 e. The third-order valence-electron chi connectivity index (χ3n) is 6.13. The van der Waals surface area contributed by atoms with Crippen molar-refractivity contribution in [2.75, 3.05) is 12.8 Å². The van der Waals surface area contributed by atoms with E-state index < -0.39 is 33.9 Å². The minimum absolute atomic E-state index is 0. The highest BCUT2D eigenvalue weighted by Gasteiger charge is 2.58. The van der Waals surface area contributed by atoms with E-state index in [-0.39, 0.29) is 29.9 Å². The zero-order valence-corrected chi connectivity index (χ0v) is 18.9. The molecule has 2 saturated heterocycles. The number of fused-ring (bicyclic) bond motifs is 1. The number of aromatic nitrogens is 2. The van der Waals surface area contributed by atoms with E-state index in [0.29, 0.717) is 19.0 Å². The number of sulfonamides is 1. The summed E-state index contributed by atoms with van der Waals surface area (Å²) in [6.45, 7) is 4.91. The average Bonchev–Trinajstić information content (AvgIpc) is 3.31. The molecular weight excluding hydrogens is 430 g/mol. The van der Waals surface area contributed by atoms with Gasteiger partial charge in [-0.05, 0) is 12.3 Å². The lowest BCUT2D eigenvalue weighted by Gasteiger charge is -2.28. The van der Waals surface area contributed by atoms with Crippen molar-refractivity contribution < 1.29 is 35.7 Å². The number of likely N-dealkylation sites (tertiary alicyclic amines) is 1. The molecule has 3 heterocycles. The zero-order valence-electron chi connectivity index (χ0n) is 17.4. The van der Waals surface area contributed by atoms with Crippen molar-refractivity contribution >= 4 is 21.8 Å². The topological polar surface area (TPSA) is 117 Å². The first-order valence-electron chi connectivity index (χ1n) is 10.2. The van der Waals surface area contributed by atoms with Gasteiger partial charge >= 0.3 is 0 Å². The van der Waals surface area contributed by atoms with Gasteiger partial charge in [-0.2, -0.15) is 0 Å². The van der Waals surface area contributed by atoms with Crippen LogP contribution in [0.3, 0.4) is 0 Å². The van der Waals surface area contributed by atoms with E-state index in [1.165, 1.54) is 19.0 Å². The molecule has 1 aromatic rings. The highest BCUT2D eigenvalue weighted by Crippen LogP contribution is 2.41. The van der Waals surface area contributed by atoms with Gasteiger partial charge in [0.2, 0.25) is 15.9 Å². The van der Waals surface area contributed by atoms with Gasteiger partial charge in [-0.3, -0.25) is 14.6 Å². The summed E-state index contributed by atoms with van der Waals surface area (Å²) in [6, 6.07) is -0.283. The Hall–Kier alpha value is -1.78. The summed E-state index contributed by atoms with van der Waals surface area (Å²) in [5, 5.41) is 2.23. The fourth-order valence-electron chi connectivity index (χ4n) is 4.61. The van der Waals surface area contributed by atoms with Crippen LogP contribution >= 0.6 is 0 Å². The van der Waals surface area contributed by atoms with Gasteiger partial charge in [-0.15, -0.1) is 0 Å². The molecule has 9 nitrogen and oxygen atoms in total. The molecule has 0 bridgehead atoms. The molecule has 1 saturated carbocycles. The number of hydrogen-bond acceptors (Lipinski definition) is 6. The number of nitrogens with two attached hydrogens (primary N) is 1. The fourth-order valence-corrected chi connectivity index (χ4v) is 5.78. The molecular formula is C19H28ClN5O4S. The molecule has 0 radical (unpaired) electrons. The Morgan fingerprint density at radius 3 is 2.47 bits per heavy atom. The maximum atomic E-state index is 13.1. The molecule has 2 N–H and O–H groups in total. The van der Waals surface area contributed by atoms with E-state index in [0.717, 1.165) is 22.8 Å². The summed E-state index contributed by atoms with van der Waals surface area (Å²) in [6.07, 6.45) is 7.09. The van der Waals surface area contributed by atoms with Crippen LogP contribution in [0.5, 0.6) is 0 Å². The number of carbonyl (C=O) groups is 2. The van der Waals surface area contributed by atoms with Crippen LogP contribution in [0.4, 0.5) is 0 Å². The number of quaternary nitrogens is 1. The SMILES string of the molecule is CC(C)[C@@H]1C(=O)N(S(C)(=O)=O)[C@@H]2CCN(C(=O)c3cnc(C[NH2+]C4CC4)cn3)[C@H]21.[Cl-]. The maximum absolute atomic E-state index is 13.1. The largest absolute Gasteiger partial charge is 1.00 e. The van der Waals surface area contributed by atoms with E-state index in [1.54, 1.807) is 11.1 Å². The van der Waals surface area contributed by atoms with Crippen LogP contribution in [0.25, 0.3) is 0 Å². The van der Waals surface area contributed by atoms with Crippen LogP contribution in [0, 0.1) is 11.8 Å². The normalized spacial score (nSPS) is 26.1. The lowest BCUT2D eigenvalue weighted by atomic mass is 9.88. The van der Waals surface area contributed by atoms with E-state index in [2.05, 4.69) is 15.3 Å². The summed E-state index contributed by atoms with van der Waals surface area (Å²) in [7, 11) is -3.69. The lowest BCUT2D eigenvalue weighted by Crippen LogP contribution is -3.00. The first-order chi connectivity index (χ1) is 13.7. The molecule has 2 amide bonds. The van der Waals surface area contributed by atoms with Gasteiger partial charge in [0.15, 0.2) is 0 Å². The highest BCUT2D eigenvalue weighted by molar-refractivity contribution is 7.88. The number of halogens is 1. The molecule has 11 heteroatoms. The minimum Gasteiger partial charge on any atom is -1.00 e. The Morgan fingerprint density at radius 1 is 1.23 bits per heavy atom. The molecule has 3 aliphatic rings. The lowest BCUT2D eigenvalue weighted by molar-refractivity contribution is -0.684. The summed E-state index contributed by atoms with van der Waals surface area (Å²) < 4.78 is 25.5. The van der Waals surface area contributed by atoms with Crippen LogP contribution in [0.15, 0.2) is 12.4 Å². The van der Waals surface area contributed by atoms with Crippen LogP contribution in [-0.2, 0) is 21.4 Å². The molecule has 1 aromatic heterocycles. The second-order valence-corrected chi connectivity index (χ2v) is 10.5. The summed E-state index contributed by atoms with van der Waals surface area (Å²) in [4.78, 5) is 36.3. The first kappa shape index (κ1) is 22.9.